The van der Waals surface area contributed by atoms with Crippen molar-refractivity contribution < 1.29 is 23.8 Å². The number of hydrogen-bond donors (Lipinski definition) is 1. The van der Waals surface area contributed by atoms with Gasteiger partial charge in [-0.1, -0.05) is 30.3 Å². The fourth-order valence-corrected chi connectivity index (χ4v) is 4.37. The van der Waals surface area contributed by atoms with Crippen molar-refractivity contribution >= 4 is 18.2 Å². The van der Waals surface area contributed by atoms with Crippen molar-refractivity contribution in [3.8, 4) is 34.2 Å². The van der Waals surface area contributed by atoms with Gasteiger partial charge in [-0.05, 0) is 55.0 Å². The lowest BCUT2D eigenvalue weighted by Crippen LogP contribution is -2.40. The van der Waals surface area contributed by atoms with Crippen LogP contribution in [0.25, 0.3) is 16.9 Å². The first-order valence-electron chi connectivity index (χ1n) is 12.1. The number of methoxy groups -OCH3 is 3. The largest absolute Gasteiger partial charge is 0.497 e. The molecule has 1 aliphatic rings. The van der Waals surface area contributed by atoms with E-state index in [0.29, 0.717) is 34.1 Å². The molecule has 1 saturated heterocycles. The number of hydrogen-bond acceptors (Lipinski definition) is 7. The smallest absolute Gasteiger partial charge is 0.346 e. The summed E-state index contributed by atoms with van der Waals surface area (Å²) in [6.07, 6.45) is 3.24. The second kappa shape index (κ2) is 10.3. The van der Waals surface area contributed by atoms with E-state index in [4.69, 9.17) is 19.3 Å². The van der Waals surface area contributed by atoms with E-state index in [2.05, 4.69) is 10.4 Å². The van der Waals surface area contributed by atoms with Gasteiger partial charge in [-0.25, -0.2) is 9.48 Å². The number of nitrogens with one attached hydrogen (secondary N) is 1. The minimum absolute atomic E-state index is 0.503. The average molecular weight is 526 g/mol. The molecular formula is C29H27N5O5. The molecule has 4 aromatic rings. The Bertz CT molecular complexity index is 1550. The van der Waals surface area contributed by atoms with E-state index in [1.807, 2.05) is 42.5 Å². The molecule has 3 amide bonds. The average Bonchev–Trinajstić information content (AvgIpc) is 3.50. The molecule has 0 unspecified atom stereocenters. The van der Waals surface area contributed by atoms with Gasteiger partial charge < -0.3 is 19.5 Å². The van der Waals surface area contributed by atoms with Crippen LogP contribution in [0.5, 0.6) is 17.2 Å². The highest BCUT2D eigenvalue weighted by molar-refractivity contribution is 6.07. The maximum atomic E-state index is 13.4. The van der Waals surface area contributed by atoms with Crippen LogP contribution in [0.1, 0.15) is 18.1 Å². The SMILES string of the molecule is COc1ccc([C@]2(C)NC(=O)N(/N=C\c3cn(-c4ccccc4)nc3-c3ccc(OC)c(OC)c3)C2=O)cc1. The molecule has 0 bridgehead atoms. The number of benzene rings is 3. The van der Waals surface area contributed by atoms with Gasteiger partial charge in [0.25, 0.3) is 5.91 Å². The Morgan fingerprint density at radius 3 is 2.28 bits per heavy atom. The molecule has 10 heteroatoms. The van der Waals surface area contributed by atoms with Crippen LogP contribution in [0.2, 0.25) is 0 Å². The highest BCUT2D eigenvalue weighted by atomic mass is 16.5. The van der Waals surface area contributed by atoms with Gasteiger partial charge in [-0.3, -0.25) is 4.79 Å². The Morgan fingerprint density at radius 2 is 1.62 bits per heavy atom. The lowest BCUT2D eigenvalue weighted by atomic mass is 9.92. The van der Waals surface area contributed by atoms with E-state index in [0.717, 1.165) is 16.3 Å². The van der Waals surface area contributed by atoms with Gasteiger partial charge in [-0.2, -0.15) is 10.2 Å². The van der Waals surface area contributed by atoms with Crippen LogP contribution in [0, 0.1) is 0 Å². The van der Waals surface area contributed by atoms with Gasteiger partial charge in [-0.15, -0.1) is 5.01 Å². The predicted octanol–water partition coefficient (Wildman–Crippen LogP) is 4.37. The van der Waals surface area contributed by atoms with E-state index in [1.165, 1.54) is 6.21 Å². The van der Waals surface area contributed by atoms with Crippen LogP contribution in [-0.2, 0) is 10.3 Å². The van der Waals surface area contributed by atoms with E-state index in [9.17, 15) is 9.59 Å². The van der Waals surface area contributed by atoms with Gasteiger partial charge in [0, 0.05) is 17.3 Å². The Kier molecular flexibility index (Phi) is 6.76. The number of aromatic nitrogens is 2. The Labute approximate surface area is 225 Å². The fourth-order valence-electron chi connectivity index (χ4n) is 4.37. The summed E-state index contributed by atoms with van der Waals surface area (Å²) in [5.74, 6) is 1.26. The Hall–Kier alpha value is -5.12. The molecule has 198 valence electrons. The quantitative estimate of drug-likeness (QED) is 0.271. The first kappa shape index (κ1) is 25.5. The monoisotopic (exact) mass is 525 g/mol. The van der Waals surface area contributed by atoms with Gasteiger partial charge in [0.2, 0.25) is 0 Å². The standard InChI is InChI=1S/C29H27N5O5/c1-29(21-11-13-23(37-2)14-12-21)27(35)34(28(36)31-29)30-17-20-18-33(22-8-6-5-7-9-22)32-26(20)19-10-15-24(38-3)25(16-19)39-4/h5-18H,1-4H3,(H,31,36)/b30-17-/t29-/m0/s1. The van der Waals surface area contributed by atoms with E-state index >= 15 is 0 Å². The fraction of sp³-hybridized carbons (Fsp3) is 0.172. The molecule has 0 aliphatic carbocycles. The van der Waals surface area contributed by atoms with Crippen molar-refractivity contribution in [3.05, 3.63) is 90.1 Å². The molecule has 2 heterocycles. The summed E-state index contributed by atoms with van der Waals surface area (Å²) in [5, 5.41) is 12.7. The van der Waals surface area contributed by atoms with E-state index in [1.54, 1.807) is 69.5 Å². The van der Waals surface area contributed by atoms with Gasteiger partial charge in [0.1, 0.15) is 17.0 Å². The van der Waals surface area contributed by atoms with Crippen molar-refractivity contribution in [1.82, 2.24) is 20.1 Å². The molecule has 5 rings (SSSR count). The molecule has 10 nitrogen and oxygen atoms in total. The summed E-state index contributed by atoms with van der Waals surface area (Å²) in [5.41, 5.74) is 2.08. The van der Waals surface area contributed by atoms with Crippen LogP contribution in [-0.4, -0.2) is 54.3 Å². The molecule has 1 atom stereocenters. The number of hydrazone groups is 1. The number of ether oxygens (including phenoxy) is 3. The third kappa shape index (κ3) is 4.68. The highest BCUT2D eigenvalue weighted by Gasteiger charge is 2.49. The number of carbonyl (C=O) groups excluding carboxylic acids is 2. The second-order valence-corrected chi connectivity index (χ2v) is 8.93. The van der Waals surface area contributed by atoms with Gasteiger partial charge in [0.05, 0.1) is 33.2 Å². The zero-order valence-corrected chi connectivity index (χ0v) is 21.9. The number of urea groups is 1. The third-order valence-corrected chi connectivity index (χ3v) is 6.57. The summed E-state index contributed by atoms with van der Waals surface area (Å²) in [4.78, 5) is 26.3. The number of para-hydroxylation sites is 1. The van der Waals surface area contributed by atoms with Crippen LogP contribution in [0.4, 0.5) is 4.79 Å². The zero-order valence-electron chi connectivity index (χ0n) is 21.9. The maximum absolute atomic E-state index is 13.4. The minimum Gasteiger partial charge on any atom is -0.497 e. The van der Waals surface area contributed by atoms with Crippen LogP contribution < -0.4 is 19.5 Å². The summed E-state index contributed by atoms with van der Waals surface area (Å²) in [6, 6.07) is 21.4. The minimum atomic E-state index is -1.28. The van der Waals surface area contributed by atoms with Crippen molar-refractivity contribution in [2.24, 2.45) is 5.10 Å². The normalized spacial score (nSPS) is 17.0. The molecule has 1 aliphatic heterocycles. The Morgan fingerprint density at radius 1 is 0.897 bits per heavy atom. The Balaban J connectivity index is 1.52. The molecule has 1 aromatic heterocycles. The van der Waals surface area contributed by atoms with Crippen molar-refractivity contribution in [3.63, 3.8) is 0 Å². The van der Waals surface area contributed by atoms with Crippen LogP contribution in [0.3, 0.4) is 0 Å². The molecular weight excluding hydrogens is 498 g/mol. The molecule has 0 spiro atoms. The molecule has 0 radical (unpaired) electrons. The first-order valence-corrected chi connectivity index (χ1v) is 12.1. The molecule has 1 N–H and O–H groups in total. The zero-order chi connectivity index (χ0) is 27.6. The third-order valence-electron chi connectivity index (χ3n) is 6.57. The number of amides is 3. The summed E-state index contributed by atoms with van der Waals surface area (Å²) < 4.78 is 17.7. The van der Waals surface area contributed by atoms with Crippen LogP contribution in [0.15, 0.2) is 84.1 Å². The number of carbonyl (C=O) groups is 2. The first-order chi connectivity index (χ1) is 18.9. The number of imide groups is 1. The van der Waals surface area contributed by atoms with E-state index < -0.39 is 17.5 Å². The summed E-state index contributed by atoms with van der Waals surface area (Å²) in [6.45, 7) is 1.65. The van der Waals surface area contributed by atoms with Crippen molar-refractivity contribution in [1.29, 1.82) is 0 Å². The summed E-state index contributed by atoms with van der Waals surface area (Å²) >= 11 is 0. The van der Waals surface area contributed by atoms with E-state index in [-0.39, 0.29) is 0 Å². The lowest BCUT2D eigenvalue weighted by Gasteiger charge is -2.21. The van der Waals surface area contributed by atoms with Gasteiger partial charge in [0.15, 0.2) is 11.5 Å². The number of rotatable bonds is 8. The van der Waals surface area contributed by atoms with Gasteiger partial charge >= 0.3 is 6.03 Å². The molecule has 1 fully saturated rings. The van der Waals surface area contributed by atoms with Crippen molar-refractivity contribution in [2.75, 3.05) is 21.3 Å². The molecule has 39 heavy (non-hydrogen) atoms. The highest BCUT2D eigenvalue weighted by Crippen LogP contribution is 2.34. The predicted molar refractivity (Wildman–Crippen MR) is 145 cm³/mol. The molecule has 3 aromatic carbocycles. The lowest BCUT2D eigenvalue weighted by molar-refractivity contribution is -0.131. The van der Waals surface area contributed by atoms with Crippen LogP contribution >= 0.6 is 0 Å². The number of nitrogens with zero attached hydrogens (tertiary/aromatic N) is 4. The topological polar surface area (TPSA) is 107 Å². The maximum Gasteiger partial charge on any atom is 0.346 e. The second-order valence-electron chi connectivity index (χ2n) is 8.93. The molecule has 0 saturated carbocycles. The summed E-state index contributed by atoms with van der Waals surface area (Å²) in [7, 11) is 4.69. The van der Waals surface area contributed by atoms with Crippen molar-refractivity contribution in [2.45, 2.75) is 12.5 Å².